The highest BCUT2D eigenvalue weighted by molar-refractivity contribution is 6.18. The van der Waals surface area contributed by atoms with Crippen LogP contribution < -0.4 is 0 Å². The number of aryl methyl sites for hydroxylation is 1. The Labute approximate surface area is 162 Å². The van der Waals surface area contributed by atoms with Gasteiger partial charge in [-0.15, -0.1) is 0 Å². The Morgan fingerprint density at radius 2 is 1.50 bits per heavy atom. The first-order valence-corrected chi connectivity index (χ1v) is 10.1. The van der Waals surface area contributed by atoms with Crippen LogP contribution in [0.1, 0.15) is 51.1 Å². The maximum atomic E-state index is 13.7. The number of benzene rings is 2. The van der Waals surface area contributed by atoms with Crippen LogP contribution in [0.2, 0.25) is 0 Å². The fourth-order valence-corrected chi connectivity index (χ4v) is 6.25. The summed E-state index contributed by atoms with van der Waals surface area (Å²) in [6.45, 7) is 0. The van der Waals surface area contributed by atoms with E-state index in [9.17, 15) is 14.4 Å². The lowest BCUT2D eigenvalue weighted by Crippen LogP contribution is -2.51. The quantitative estimate of drug-likeness (QED) is 0.710. The van der Waals surface area contributed by atoms with Crippen molar-refractivity contribution < 1.29 is 19.1 Å². The van der Waals surface area contributed by atoms with Gasteiger partial charge >= 0.3 is 0 Å². The SMILES string of the molecule is O=C1c2ccccc2C(=O)C2C1[C@H]1O[C@@]23c2ccccc2CCC3CCC1=O. The van der Waals surface area contributed by atoms with Gasteiger partial charge in [-0.2, -0.15) is 0 Å². The molecule has 4 nitrogen and oxygen atoms in total. The molecule has 2 aromatic rings. The molecule has 140 valence electrons. The molecule has 1 spiro atoms. The molecule has 0 N–H and O–H groups in total. The van der Waals surface area contributed by atoms with Gasteiger partial charge in [-0.05, 0) is 36.3 Å². The first-order chi connectivity index (χ1) is 13.6. The van der Waals surface area contributed by atoms with Crippen molar-refractivity contribution in [2.45, 2.75) is 37.4 Å². The molecule has 2 aliphatic carbocycles. The van der Waals surface area contributed by atoms with Gasteiger partial charge < -0.3 is 4.74 Å². The van der Waals surface area contributed by atoms with E-state index in [0.717, 1.165) is 24.8 Å². The molecule has 5 atom stereocenters. The van der Waals surface area contributed by atoms with Crippen LogP contribution in [0.4, 0.5) is 0 Å². The number of ketones is 3. The summed E-state index contributed by atoms with van der Waals surface area (Å²) in [6.07, 6.45) is 2.12. The number of Topliss-reactive ketones (excluding diaryl/α,β-unsaturated/α-hetero) is 3. The summed E-state index contributed by atoms with van der Waals surface area (Å²) in [4.78, 5) is 40.1. The van der Waals surface area contributed by atoms with E-state index >= 15 is 0 Å². The normalized spacial score (nSPS) is 35.5. The number of rotatable bonds is 0. The molecule has 2 fully saturated rings. The van der Waals surface area contributed by atoms with Crippen LogP contribution >= 0.6 is 0 Å². The fraction of sp³-hybridized carbons (Fsp3) is 0.375. The number of ether oxygens (including phenoxy) is 1. The summed E-state index contributed by atoms with van der Waals surface area (Å²) < 4.78 is 6.58. The van der Waals surface area contributed by atoms with Crippen LogP contribution in [0.15, 0.2) is 48.5 Å². The molecule has 0 radical (unpaired) electrons. The van der Waals surface area contributed by atoms with E-state index < -0.39 is 23.5 Å². The number of hydrogen-bond acceptors (Lipinski definition) is 4. The third-order valence-corrected chi connectivity index (χ3v) is 7.38. The van der Waals surface area contributed by atoms with Gasteiger partial charge in [0, 0.05) is 17.5 Å². The molecule has 2 aromatic carbocycles. The zero-order chi connectivity index (χ0) is 19.0. The molecule has 2 heterocycles. The van der Waals surface area contributed by atoms with Gasteiger partial charge in [-0.3, -0.25) is 14.4 Å². The smallest absolute Gasteiger partial charge is 0.170 e. The number of carbonyl (C=O) groups excluding carboxylic acids is 3. The van der Waals surface area contributed by atoms with Crippen molar-refractivity contribution in [3.63, 3.8) is 0 Å². The second-order valence-corrected chi connectivity index (χ2v) is 8.51. The van der Waals surface area contributed by atoms with Gasteiger partial charge in [0.2, 0.25) is 0 Å². The van der Waals surface area contributed by atoms with Gasteiger partial charge in [-0.25, -0.2) is 0 Å². The zero-order valence-electron chi connectivity index (χ0n) is 15.4. The second-order valence-electron chi connectivity index (χ2n) is 8.51. The topological polar surface area (TPSA) is 60.4 Å². The van der Waals surface area contributed by atoms with Crippen molar-refractivity contribution in [2.75, 3.05) is 0 Å². The molecule has 2 aliphatic heterocycles. The molecular formula is C24H20O4. The average Bonchev–Trinajstić information content (AvgIpc) is 3.00. The first-order valence-electron chi connectivity index (χ1n) is 10.1. The van der Waals surface area contributed by atoms with Crippen LogP contribution in [0.5, 0.6) is 0 Å². The monoisotopic (exact) mass is 372 g/mol. The third kappa shape index (κ3) is 1.82. The van der Waals surface area contributed by atoms with E-state index in [4.69, 9.17) is 4.74 Å². The maximum Gasteiger partial charge on any atom is 0.170 e. The highest BCUT2D eigenvalue weighted by Gasteiger charge is 2.68. The Kier molecular flexibility index (Phi) is 3.20. The molecule has 2 bridgehead atoms. The van der Waals surface area contributed by atoms with Crippen molar-refractivity contribution in [3.8, 4) is 0 Å². The average molecular weight is 372 g/mol. The Hall–Kier alpha value is -2.59. The van der Waals surface area contributed by atoms with E-state index in [1.54, 1.807) is 24.3 Å². The van der Waals surface area contributed by atoms with E-state index in [2.05, 4.69) is 6.07 Å². The van der Waals surface area contributed by atoms with E-state index in [1.165, 1.54) is 5.56 Å². The molecule has 28 heavy (non-hydrogen) atoms. The lowest BCUT2D eigenvalue weighted by Gasteiger charge is -2.46. The summed E-state index contributed by atoms with van der Waals surface area (Å²) in [5.74, 6) is -1.43. The molecule has 4 aliphatic rings. The molecule has 0 amide bonds. The van der Waals surface area contributed by atoms with Gasteiger partial charge in [0.1, 0.15) is 11.7 Å². The number of carbonyl (C=O) groups is 3. The van der Waals surface area contributed by atoms with E-state index in [-0.39, 0.29) is 23.3 Å². The van der Waals surface area contributed by atoms with Crippen molar-refractivity contribution >= 4 is 17.3 Å². The lowest BCUT2D eigenvalue weighted by atomic mass is 9.57. The molecule has 4 heteroatoms. The Balaban J connectivity index is 1.66. The fourth-order valence-electron chi connectivity index (χ4n) is 6.25. The summed E-state index contributed by atoms with van der Waals surface area (Å²) in [5, 5.41) is 0. The van der Waals surface area contributed by atoms with Crippen LogP contribution in [-0.4, -0.2) is 23.5 Å². The van der Waals surface area contributed by atoms with E-state index in [1.807, 2.05) is 18.2 Å². The predicted molar refractivity (Wildman–Crippen MR) is 101 cm³/mol. The third-order valence-electron chi connectivity index (χ3n) is 7.38. The summed E-state index contributed by atoms with van der Waals surface area (Å²) in [6, 6.07) is 15.1. The molecule has 0 saturated carbocycles. The molecule has 0 aromatic heterocycles. The highest BCUT2D eigenvalue weighted by Crippen LogP contribution is 2.61. The van der Waals surface area contributed by atoms with Gasteiger partial charge in [-0.1, -0.05) is 48.5 Å². The Bertz CT molecular complexity index is 1050. The predicted octanol–water partition coefficient (Wildman–Crippen LogP) is 3.52. The Morgan fingerprint density at radius 1 is 0.821 bits per heavy atom. The minimum Gasteiger partial charge on any atom is -0.357 e. The minimum atomic E-state index is -0.864. The van der Waals surface area contributed by atoms with Crippen LogP contribution in [0.3, 0.4) is 0 Å². The van der Waals surface area contributed by atoms with Crippen molar-refractivity contribution in [1.82, 2.24) is 0 Å². The second kappa shape index (κ2) is 5.48. The van der Waals surface area contributed by atoms with E-state index in [0.29, 0.717) is 17.5 Å². The van der Waals surface area contributed by atoms with Crippen LogP contribution in [0, 0.1) is 17.8 Å². The van der Waals surface area contributed by atoms with Crippen molar-refractivity contribution in [3.05, 3.63) is 70.8 Å². The van der Waals surface area contributed by atoms with Gasteiger partial charge in [0.15, 0.2) is 17.3 Å². The standard InChI is InChI=1S/C24H20O4/c25-18-12-11-14-10-9-13-5-1-4-8-17(13)24(14)20-19(23(18)28-24)21(26)15-6-2-3-7-16(15)22(20)27/h1-8,14,19-20,23H,9-12H2/t14?,19?,20?,23-,24-/m0/s1. The van der Waals surface area contributed by atoms with Crippen molar-refractivity contribution in [2.24, 2.45) is 17.8 Å². The first kappa shape index (κ1) is 16.4. The van der Waals surface area contributed by atoms with Crippen LogP contribution in [-0.2, 0) is 21.6 Å². The zero-order valence-corrected chi connectivity index (χ0v) is 15.4. The largest absolute Gasteiger partial charge is 0.357 e. The van der Waals surface area contributed by atoms with Crippen LogP contribution in [0.25, 0.3) is 0 Å². The van der Waals surface area contributed by atoms with Gasteiger partial charge in [0.25, 0.3) is 0 Å². The summed E-state index contributed by atoms with van der Waals surface area (Å²) in [5.41, 5.74) is 2.24. The summed E-state index contributed by atoms with van der Waals surface area (Å²) >= 11 is 0. The number of fused-ring (bicyclic) bond motifs is 5. The molecule has 3 unspecified atom stereocenters. The Morgan fingerprint density at radius 3 is 2.32 bits per heavy atom. The van der Waals surface area contributed by atoms with Crippen molar-refractivity contribution in [1.29, 1.82) is 0 Å². The minimum absolute atomic E-state index is 0.0284. The summed E-state index contributed by atoms with van der Waals surface area (Å²) in [7, 11) is 0. The molecule has 6 rings (SSSR count). The highest BCUT2D eigenvalue weighted by atomic mass is 16.5. The molecular weight excluding hydrogens is 352 g/mol. The lowest BCUT2D eigenvalue weighted by molar-refractivity contribution is -0.137. The molecule has 2 saturated heterocycles. The maximum absolute atomic E-state index is 13.7. The number of hydrogen-bond donors (Lipinski definition) is 0. The van der Waals surface area contributed by atoms with Gasteiger partial charge in [0.05, 0.1) is 11.8 Å².